The van der Waals surface area contributed by atoms with E-state index in [0.717, 1.165) is 12.8 Å². The zero-order valence-corrected chi connectivity index (χ0v) is 8.54. The monoisotopic (exact) mass is 197 g/mol. The SMILES string of the molecule is CN(C)C1(CN2C(=O)CNC2=O)CC1. The Bertz CT molecular complexity index is 268. The van der Waals surface area contributed by atoms with Crippen LogP contribution in [0.1, 0.15) is 12.8 Å². The molecule has 0 atom stereocenters. The molecule has 1 heterocycles. The molecule has 1 aliphatic heterocycles. The maximum atomic E-state index is 11.3. The third-order valence-electron chi connectivity index (χ3n) is 3.17. The van der Waals surface area contributed by atoms with Crippen LogP contribution in [0, 0.1) is 0 Å². The lowest BCUT2D eigenvalue weighted by molar-refractivity contribution is -0.125. The Labute approximate surface area is 83.0 Å². The summed E-state index contributed by atoms with van der Waals surface area (Å²) >= 11 is 0. The third-order valence-corrected chi connectivity index (χ3v) is 3.17. The van der Waals surface area contributed by atoms with Gasteiger partial charge in [-0.05, 0) is 26.9 Å². The zero-order valence-electron chi connectivity index (χ0n) is 8.54. The minimum absolute atomic E-state index is 0.0529. The normalized spacial score (nSPS) is 24.4. The number of rotatable bonds is 3. The van der Waals surface area contributed by atoms with Crippen LogP contribution in [0.4, 0.5) is 4.79 Å². The first-order valence-electron chi connectivity index (χ1n) is 4.81. The molecule has 78 valence electrons. The number of hydrogen-bond acceptors (Lipinski definition) is 3. The van der Waals surface area contributed by atoms with E-state index in [0.29, 0.717) is 6.54 Å². The van der Waals surface area contributed by atoms with Gasteiger partial charge in [0.15, 0.2) is 0 Å². The summed E-state index contributed by atoms with van der Waals surface area (Å²) in [5.41, 5.74) is 0.0529. The lowest BCUT2D eigenvalue weighted by Crippen LogP contribution is -2.45. The van der Waals surface area contributed by atoms with E-state index >= 15 is 0 Å². The summed E-state index contributed by atoms with van der Waals surface area (Å²) < 4.78 is 0. The average Bonchev–Trinajstić information content (AvgIpc) is 2.84. The lowest BCUT2D eigenvalue weighted by atomic mass is 10.2. The number of carbonyl (C=O) groups excluding carboxylic acids is 2. The molecule has 5 nitrogen and oxygen atoms in total. The highest BCUT2D eigenvalue weighted by atomic mass is 16.2. The number of nitrogens with one attached hydrogen (secondary N) is 1. The van der Waals surface area contributed by atoms with Crippen molar-refractivity contribution in [1.29, 1.82) is 0 Å². The van der Waals surface area contributed by atoms with Gasteiger partial charge in [-0.2, -0.15) is 0 Å². The fourth-order valence-electron chi connectivity index (χ4n) is 1.80. The van der Waals surface area contributed by atoms with Gasteiger partial charge in [0.2, 0.25) is 5.91 Å². The second-order valence-electron chi connectivity index (χ2n) is 4.26. The van der Waals surface area contributed by atoms with Crippen LogP contribution in [0.15, 0.2) is 0 Å². The van der Waals surface area contributed by atoms with Crippen molar-refractivity contribution in [2.75, 3.05) is 27.2 Å². The van der Waals surface area contributed by atoms with E-state index in [1.54, 1.807) is 0 Å². The van der Waals surface area contributed by atoms with Crippen LogP contribution < -0.4 is 5.32 Å². The van der Waals surface area contributed by atoms with Gasteiger partial charge in [-0.25, -0.2) is 4.79 Å². The van der Waals surface area contributed by atoms with Crippen LogP contribution in [0.2, 0.25) is 0 Å². The van der Waals surface area contributed by atoms with Gasteiger partial charge in [-0.15, -0.1) is 0 Å². The Morgan fingerprint density at radius 3 is 2.43 bits per heavy atom. The summed E-state index contributed by atoms with van der Waals surface area (Å²) in [6.07, 6.45) is 2.13. The van der Waals surface area contributed by atoms with Crippen LogP contribution in [-0.2, 0) is 4.79 Å². The Hall–Kier alpha value is -1.10. The van der Waals surface area contributed by atoms with E-state index < -0.39 is 0 Å². The number of likely N-dealkylation sites (N-methyl/N-ethyl adjacent to an activating group) is 1. The Morgan fingerprint density at radius 2 is 2.07 bits per heavy atom. The highest BCUT2D eigenvalue weighted by molar-refractivity contribution is 6.02. The number of urea groups is 1. The molecule has 0 aromatic carbocycles. The van der Waals surface area contributed by atoms with E-state index in [2.05, 4.69) is 10.2 Å². The Balaban J connectivity index is 2.03. The van der Waals surface area contributed by atoms with Gasteiger partial charge in [0, 0.05) is 12.1 Å². The van der Waals surface area contributed by atoms with Crippen LogP contribution in [0.25, 0.3) is 0 Å². The molecule has 0 spiro atoms. The fraction of sp³-hybridized carbons (Fsp3) is 0.778. The summed E-state index contributed by atoms with van der Waals surface area (Å²) in [7, 11) is 3.98. The van der Waals surface area contributed by atoms with Crippen molar-refractivity contribution in [3.05, 3.63) is 0 Å². The predicted molar refractivity (Wildman–Crippen MR) is 50.8 cm³/mol. The minimum atomic E-state index is -0.247. The van der Waals surface area contributed by atoms with Crippen LogP contribution in [0.3, 0.4) is 0 Å². The Kier molecular flexibility index (Phi) is 1.99. The maximum Gasteiger partial charge on any atom is 0.324 e. The van der Waals surface area contributed by atoms with E-state index in [1.165, 1.54) is 4.90 Å². The van der Waals surface area contributed by atoms with Gasteiger partial charge in [0.1, 0.15) is 0 Å². The molecule has 1 saturated heterocycles. The van der Waals surface area contributed by atoms with Crippen molar-refractivity contribution < 1.29 is 9.59 Å². The molecule has 0 unspecified atom stereocenters. The molecule has 0 aromatic rings. The van der Waals surface area contributed by atoms with E-state index in [4.69, 9.17) is 0 Å². The Morgan fingerprint density at radius 1 is 1.43 bits per heavy atom. The molecule has 5 heteroatoms. The van der Waals surface area contributed by atoms with Gasteiger partial charge in [-0.1, -0.05) is 0 Å². The number of imide groups is 1. The van der Waals surface area contributed by atoms with E-state index in [1.807, 2.05) is 14.1 Å². The van der Waals surface area contributed by atoms with Crippen molar-refractivity contribution >= 4 is 11.9 Å². The van der Waals surface area contributed by atoms with Crippen molar-refractivity contribution in [3.8, 4) is 0 Å². The van der Waals surface area contributed by atoms with Crippen molar-refractivity contribution in [2.24, 2.45) is 0 Å². The summed E-state index contributed by atoms with van der Waals surface area (Å²) in [4.78, 5) is 26.1. The number of amides is 3. The average molecular weight is 197 g/mol. The molecular weight excluding hydrogens is 182 g/mol. The lowest BCUT2D eigenvalue weighted by Gasteiger charge is -2.27. The predicted octanol–water partition coefficient (Wildman–Crippen LogP) is -0.368. The molecule has 1 saturated carbocycles. The minimum Gasteiger partial charge on any atom is -0.329 e. The molecule has 2 fully saturated rings. The highest BCUT2D eigenvalue weighted by Gasteiger charge is 2.48. The quantitative estimate of drug-likeness (QED) is 0.628. The third kappa shape index (κ3) is 1.37. The van der Waals surface area contributed by atoms with Crippen LogP contribution in [0.5, 0.6) is 0 Å². The standard InChI is InChI=1S/C9H15N3O2/c1-11(2)9(3-4-9)6-12-7(13)5-10-8(12)14/h3-6H2,1-2H3,(H,10,14). The van der Waals surface area contributed by atoms with E-state index in [-0.39, 0.29) is 24.0 Å². The second kappa shape index (κ2) is 2.95. The number of hydrogen-bond donors (Lipinski definition) is 1. The van der Waals surface area contributed by atoms with Gasteiger partial charge < -0.3 is 10.2 Å². The van der Waals surface area contributed by atoms with Crippen LogP contribution in [-0.4, -0.2) is 54.5 Å². The molecule has 0 aromatic heterocycles. The number of nitrogens with zero attached hydrogens (tertiary/aromatic N) is 2. The highest BCUT2D eigenvalue weighted by Crippen LogP contribution is 2.40. The summed E-state index contributed by atoms with van der Waals surface area (Å²) in [5, 5.41) is 2.53. The molecular formula is C9H15N3O2. The van der Waals surface area contributed by atoms with Gasteiger partial charge >= 0.3 is 6.03 Å². The maximum absolute atomic E-state index is 11.3. The largest absolute Gasteiger partial charge is 0.329 e. The molecule has 1 N–H and O–H groups in total. The first-order chi connectivity index (χ1) is 6.55. The second-order valence-corrected chi connectivity index (χ2v) is 4.26. The smallest absolute Gasteiger partial charge is 0.324 e. The first-order valence-corrected chi connectivity index (χ1v) is 4.81. The van der Waals surface area contributed by atoms with Crippen molar-refractivity contribution in [1.82, 2.24) is 15.1 Å². The summed E-state index contributed by atoms with van der Waals surface area (Å²) in [6.45, 7) is 0.688. The molecule has 2 aliphatic rings. The molecule has 2 rings (SSSR count). The van der Waals surface area contributed by atoms with Crippen molar-refractivity contribution in [2.45, 2.75) is 18.4 Å². The summed E-state index contributed by atoms with van der Waals surface area (Å²) in [5.74, 6) is -0.108. The van der Waals surface area contributed by atoms with Crippen LogP contribution >= 0.6 is 0 Å². The molecule has 3 amide bonds. The first kappa shape index (κ1) is 9.45. The number of carbonyl (C=O) groups is 2. The molecule has 0 radical (unpaired) electrons. The zero-order chi connectivity index (χ0) is 10.3. The van der Waals surface area contributed by atoms with E-state index in [9.17, 15) is 9.59 Å². The summed E-state index contributed by atoms with van der Waals surface area (Å²) in [6, 6.07) is -0.247. The topological polar surface area (TPSA) is 52.6 Å². The molecule has 1 aliphatic carbocycles. The van der Waals surface area contributed by atoms with Crippen molar-refractivity contribution in [3.63, 3.8) is 0 Å². The fourth-order valence-corrected chi connectivity index (χ4v) is 1.80. The van der Waals surface area contributed by atoms with Gasteiger partial charge in [-0.3, -0.25) is 9.69 Å². The molecule has 14 heavy (non-hydrogen) atoms. The molecule has 0 bridgehead atoms. The van der Waals surface area contributed by atoms with Gasteiger partial charge in [0.25, 0.3) is 0 Å². The van der Waals surface area contributed by atoms with Gasteiger partial charge in [0.05, 0.1) is 6.54 Å².